The van der Waals surface area contributed by atoms with E-state index in [4.69, 9.17) is 0 Å². The van der Waals surface area contributed by atoms with E-state index in [2.05, 4.69) is 41.8 Å². The Bertz CT molecular complexity index is 379. The third-order valence-corrected chi connectivity index (χ3v) is 4.15. The van der Waals surface area contributed by atoms with Crippen LogP contribution in [0.15, 0.2) is 24.3 Å². The van der Waals surface area contributed by atoms with Crippen LogP contribution in [0.3, 0.4) is 0 Å². The Morgan fingerprint density at radius 1 is 1.33 bits per heavy atom. The largest absolute Gasteiger partial charge is 0.352 e. The van der Waals surface area contributed by atoms with Gasteiger partial charge in [0.05, 0.1) is 5.56 Å². The molecule has 1 N–H and O–H groups in total. The molecule has 1 rings (SSSR count). The first-order chi connectivity index (χ1) is 8.69. The molecule has 0 aliphatic carbocycles. The van der Waals surface area contributed by atoms with Crippen LogP contribution in [0.5, 0.6) is 0 Å². The summed E-state index contributed by atoms with van der Waals surface area (Å²) in [4.78, 5) is 12.0. The van der Waals surface area contributed by atoms with Crippen LogP contribution in [0.25, 0.3) is 0 Å². The van der Waals surface area contributed by atoms with Crippen LogP contribution >= 0.6 is 22.6 Å². The maximum atomic E-state index is 12.0. The predicted molar refractivity (Wildman–Crippen MR) is 84.8 cm³/mol. The molecule has 2 nitrogen and oxygen atoms in total. The molecule has 0 heterocycles. The molecule has 0 saturated heterocycles. The van der Waals surface area contributed by atoms with E-state index in [0.717, 1.165) is 22.1 Å². The van der Waals surface area contributed by atoms with Crippen molar-refractivity contribution in [3.05, 3.63) is 33.4 Å². The minimum atomic E-state index is 0.0509. The molecule has 1 aromatic rings. The van der Waals surface area contributed by atoms with Gasteiger partial charge in [0.25, 0.3) is 5.91 Å². The topological polar surface area (TPSA) is 29.1 Å². The van der Waals surface area contributed by atoms with Gasteiger partial charge in [-0.1, -0.05) is 45.2 Å². The van der Waals surface area contributed by atoms with Gasteiger partial charge in [-0.2, -0.15) is 0 Å². The Morgan fingerprint density at radius 3 is 2.67 bits per heavy atom. The maximum Gasteiger partial charge on any atom is 0.252 e. The summed E-state index contributed by atoms with van der Waals surface area (Å²) in [5, 5.41) is 3.06. The summed E-state index contributed by atoms with van der Waals surface area (Å²) < 4.78 is 1.01. The number of halogens is 1. The summed E-state index contributed by atoms with van der Waals surface area (Å²) >= 11 is 2.20. The zero-order valence-corrected chi connectivity index (χ0v) is 13.4. The zero-order chi connectivity index (χ0) is 13.4. The molecule has 0 spiro atoms. The Hall–Kier alpha value is -0.580. The van der Waals surface area contributed by atoms with Gasteiger partial charge in [0.2, 0.25) is 0 Å². The van der Waals surface area contributed by atoms with Crippen molar-refractivity contribution in [2.45, 2.75) is 39.5 Å². The fourth-order valence-electron chi connectivity index (χ4n) is 1.92. The highest BCUT2D eigenvalue weighted by Gasteiger charge is 2.11. The molecule has 1 atom stereocenters. The molecular formula is C15H22INO. The maximum absolute atomic E-state index is 12.0. The van der Waals surface area contributed by atoms with Gasteiger partial charge < -0.3 is 5.32 Å². The molecule has 0 bridgehead atoms. The van der Waals surface area contributed by atoms with Gasteiger partial charge in [0, 0.05) is 10.1 Å². The average molecular weight is 359 g/mol. The van der Waals surface area contributed by atoms with Crippen molar-refractivity contribution in [1.82, 2.24) is 5.32 Å². The van der Waals surface area contributed by atoms with Crippen LogP contribution in [0.1, 0.15) is 49.9 Å². The Labute approximate surface area is 124 Å². The quantitative estimate of drug-likeness (QED) is 0.725. The van der Waals surface area contributed by atoms with Crippen LogP contribution in [0.4, 0.5) is 0 Å². The number of nitrogens with one attached hydrogen (secondary N) is 1. The molecule has 0 aromatic heterocycles. The number of carbonyl (C=O) groups excluding carboxylic acids is 1. The number of amides is 1. The molecule has 0 fully saturated rings. The summed E-state index contributed by atoms with van der Waals surface area (Å²) in [6.45, 7) is 5.19. The van der Waals surface area contributed by atoms with Crippen molar-refractivity contribution in [1.29, 1.82) is 0 Å². The number of rotatable bonds is 7. The van der Waals surface area contributed by atoms with E-state index >= 15 is 0 Å². The molecule has 0 radical (unpaired) electrons. The predicted octanol–water partition coefficient (Wildman–Crippen LogP) is 4.24. The van der Waals surface area contributed by atoms with E-state index in [0.29, 0.717) is 5.92 Å². The molecule has 1 amide bonds. The number of hydrogen-bond acceptors (Lipinski definition) is 1. The number of carbonyl (C=O) groups is 1. The number of unbranched alkanes of at least 4 members (excludes halogenated alkanes) is 1. The van der Waals surface area contributed by atoms with Gasteiger partial charge in [-0.3, -0.25) is 4.79 Å². The highest BCUT2D eigenvalue weighted by molar-refractivity contribution is 14.1. The summed E-state index contributed by atoms with van der Waals surface area (Å²) in [6.07, 6.45) is 4.81. The fourth-order valence-corrected chi connectivity index (χ4v) is 2.55. The zero-order valence-electron chi connectivity index (χ0n) is 11.2. The summed E-state index contributed by atoms with van der Waals surface area (Å²) in [7, 11) is 0. The number of benzene rings is 1. The van der Waals surface area contributed by atoms with E-state index < -0.39 is 0 Å². The molecule has 3 heteroatoms. The first-order valence-electron chi connectivity index (χ1n) is 6.71. The Kier molecular flexibility index (Phi) is 7.32. The summed E-state index contributed by atoms with van der Waals surface area (Å²) in [5.74, 6) is 0.658. The first kappa shape index (κ1) is 15.5. The van der Waals surface area contributed by atoms with Gasteiger partial charge in [0.1, 0.15) is 0 Å². The summed E-state index contributed by atoms with van der Waals surface area (Å²) in [6, 6.07) is 7.70. The molecule has 0 unspecified atom stereocenters. The van der Waals surface area contributed by atoms with Crippen molar-refractivity contribution in [2.24, 2.45) is 5.92 Å². The van der Waals surface area contributed by atoms with Crippen LogP contribution in [-0.2, 0) is 0 Å². The van der Waals surface area contributed by atoms with E-state index in [1.165, 1.54) is 19.3 Å². The van der Waals surface area contributed by atoms with Gasteiger partial charge in [-0.15, -0.1) is 0 Å². The van der Waals surface area contributed by atoms with E-state index in [1.807, 2.05) is 24.3 Å². The van der Waals surface area contributed by atoms with E-state index in [1.54, 1.807) is 0 Å². The SMILES string of the molecule is CCCC[C@H](CC)CNC(=O)c1ccccc1I. The standard InChI is InChI=1S/C15H22INO/c1-3-5-8-12(4-2)11-17-15(18)13-9-6-7-10-14(13)16/h6-7,9-10,12H,3-5,8,11H2,1-2H3,(H,17,18)/t12-/m0/s1. The second-order valence-electron chi connectivity index (χ2n) is 4.61. The van der Waals surface area contributed by atoms with E-state index in [-0.39, 0.29) is 5.91 Å². The highest BCUT2D eigenvalue weighted by atomic mass is 127. The van der Waals surface area contributed by atoms with Crippen molar-refractivity contribution < 1.29 is 4.79 Å². The molecular weight excluding hydrogens is 337 g/mol. The highest BCUT2D eigenvalue weighted by Crippen LogP contribution is 2.13. The minimum absolute atomic E-state index is 0.0509. The summed E-state index contributed by atoms with van der Waals surface area (Å²) in [5.41, 5.74) is 0.781. The van der Waals surface area contributed by atoms with Gasteiger partial charge >= 0.3 is 0 Å². The lowest BCUT2D eigenvalue weighted by atomic mass is 9.99. The third-order valence-electron chi connectivity index (χ3n) is 3.21. The Balaban J connectivity index is 2.47. The average Bonchev–Trinajstić information content (AvgIpc) is 2.39. The fraction of sp³-hybridized carbons (Fsp3) is 0.533. The first-order valence-corrected chi connectivity index (χ1v) is 7.79. The van der Waals surface area contributed by atoms with Gasteiger partial charge in [0.15, 0.2) is 0 Å². The van der Waals surface area contributed by atoms with Crippen LogP contribution in [0.2, 0.25) is 0 Å². The van der Waals surface area contributed by atoms with Crippen molar-refractivity contribution >= 4 is 28.5 Å². The number of hydrogen-bond donors (Lipinski definition) is 1. The van der Waals surface area contributed by atoms with Crippen LogP contribution in [0, 0.1) is 9.49 Å². The third kappa shape index (κ3) is 4.96. The molecule has 18 heavy (non-hydrogen) atoms. The lowest BCUT2D eigenvalue weighted by Crippen LogP contribution is -2.29. The van der Waals surface area contributed by atoms with Crippen LogP contribution < -0.4 is 5.32 Å². The van der Waals surface area contributed by atoms with Gasteiger partial charge in [-0.25, -0.2) is 0 Å². The molecule has 0 aliphatic rings. The Morgan fingerprint density at radius 2 is 2.06 bits per heavy atom. The second-order valence-corrected chi connectivity index (χ2v) is 5.77. The molecule has 0 aliphatic heterocycles. The smallest absolute Gasteiger partial charge is 0.252 e. The normalized spacial score (nSPS) is 12.2. The second kappa shape index (κ2) is 8.51. The monoisotopic (exact) mass is 359 g/mol. The van der Waals surface area contributed by atoms with Crippen LogP contribution in [-0.4, -0.2) is 12.5 Å². The lowest BCUT2D eigenvalue weighted by molar-refractivity contribution is 0.0945. The molecule has 0 saturated carbocycles. The van der Waals surface area contributed by atoms with E-state index in [9.17, 15) is 4.79 Å². The minimum Gasteiger partial charge on any atom is -0.352 e. The van der Waals surface area contributed by atoms with Crippen molar-refractivity contribution in [3.63, 3.8) is 0 Å². The lowest BCUT2D eigenvalue weighted by Gasteiger charge is -2.15. The van der Waals surface area contributed by atoms with Crippen molar-refractivity contribution in [3.8, 4) is 0 Å². The molecule has 1 aromatic carbocycles. The molecule has 100 valence electrons. The van der Waals surface area contributed by atoms with Gasteiger partial charge in [-0.05, 0) is 47.1 Å². The van der Waals surface area contributed by atoms with Crippen molar-refractivity contribution in [2.75, 3.05) is 6.54 Å².